The maximum atomic E-state index is 13.2. The molecular formula is C23H24N2O2. The maximum Gasteiger partial charge on any atom is 0.254 e. The van der Waals surface area contributed by atoms with E-state index in [0.29, 0.717) is 25.3 Å². The van der Waals surface area contributed by atoms with Gasteiger partial charge in [0.1, 0.15) is 5.75 Å². The maximum absolute atomic E-state index is 13.2. The number of carbonyl (C=O) groups excluding carboxylic acids is 1. The van der Waals surface area contributed by atoms with Gasteiger partial charge in [0.15, 0.2) is 0 Å². The lowest BCUT2D eigenvalue weighted by atomic mass is 10.1. The third-order valence-electron chi connectivity index (χ3n) is 4.42. The molecule has 0 atom stereocenters. The molecule has 0 aliphatic carbocycles. The van der Waals surface area contributed by atoms with E-state index >= 15 is 0 Å². The van der Waals surface area contributed by atoms with E-state index in [4.69, 9.17) is 4.74 Å². The van der Waals surface area contributed by atoms with Crippen LogP contribution in [-0.4, -0.2) is 22.4 Å². The van der Waals surface area contributed by atoms with Crippen molar-refractivity contribution in [1.82, 2.24) is 9.88 Å². The molecule has 1 aromatic heterocycles. The summed E-state index contributed by atoms with van der Waals surface area (Å²) < 4.78 is 5.47. The van der Waals surface area contributed by atoms with Crippen molar-refractivity contribution in [2.45, 2.75) is 26.9 Å². The molecule has 2 aromatic carbocycles. The number of hydrogen-bond acceptors (Lipinski definition) is 3. The number of ether oxygens (including phenoxy) is 1. The van der Waals surface area contributed by atoms with Crippen LogP contribution in [0.25, 0.3) is 0 Å². The number of hydrogen-bond donors (Lipinski definition) is 0. The first-order chi connectivity index (χ1) is 13.2. The zero-order valence-corrected chi connectivity index (χ0v) is 15.8. The minimum atomic E-state index is -0.00912. The first-order valence-electron chi connectivity index (χ1n) is 9.13. The van der Waals surface area contributed by atoms with Crippen LogP contribution in [0.3, 0.4) is 0 Å². The second-order valence-electron chi connectivity index (χ2n) is 6.41. The number of carbonyl (C=O) groups is 1. The minimum absolute atomic E-state index is 0.00912. The Labute approximate surface area is 160 Å². The summed E-state index contributed by atoms with van der Waals surface area (Å²) in [7, 11) is 0. The smallest absolute Gasteiger partial charge is 0.254 e. The first kappa shape index (κ1) is 18.6. The van der Waals surface area contributed by atoms with Crippen molar-refractivity contribution < 1.29 is 9.53 Å². The molecule has 0 bridgehead atoms. The van der Waals surface area contributed by atoms with Gasteiger partial charge >= 0.3 is 0 Å². The number of rotatable bonds is 7. The summed E-state index contributed by atoms with van der Waals surface area (Å²) in [5.74, 6) is 0.761. The Morgan fingerprint density at radius 2 is 1.78 bits per heavy atom. The highest BCUT2D eigenvalue weighted by atomic mass is 16.5. The van der Waals surface area contributed by atoms with E-state index in [0.717, 1.165) is 16.9 Å². The first-order valence-corrected chi connectivity index (χ1v) is 9.13. The van der Waals surface area contributed by atoms with E-state index in [1.54, 1.807) is 12.4 Å². The van der Waals surface area contributed by atoms with Gasteiger partial charge in [0.2, 0.25) is 0 Å². The molecule has 0 fully saturated rings. The van der Waals surface area contributed by atoms with Gasteiger partial charge in [-0.1, -0.05) is 30.3 Å². The van der Waals surface area contributed by atoms with Crippen molar-refractivity contribution in [2.75, 3.05) is 6.61 Å². The van der Waals surface area contributed by atoms with Crippen molar-refractivity contribution >= 4 is 5.91 Å². The second kappa shape index (κ2) is 8.99. The Morgan fingerprint density at radius 3 is 2.44 bits per heavy atom. The molecule has 0 saturated heterocycles. The third-order valence-corrected chi connectivity index (χ3v) is 4.42. The molecule has 0 saturated carbocycles. The van der Waals surface area contributed by atoms with Gasteiger partial charge in [-0.3, -0.25) is 9.78 Å². The Balaban J connectivity index is 1.85. The summed E-state index contributed by atoms with van der Waals surface area (Å²) in [5, 5.41) is 0. The molecule has 27 heavy (non-hydrogen) atoms. The van der Waals surface area contributed by atoms with E-state index in [1.807, 2.05) is 60.4 Å². The molecule has 1 amide bonds. The van der Waals surface area contributed by atoms with Crippen LogP contribution in [0.5, 0.6) is 5.75 Å². The summed E-state index contributed by atoms with van der Waals surface area (Å²) in [4.78, 5) is 19.2. The van der Waals surface area contributed by atoms with Crippen LogP contribution in [0.15, 0.2) is 73.1 Å². The average Bonchev–Trinajstić information content (AvgIpc) is 2.70. The summed E-state index contributed by atoms with van der Waals surface area (Å²) in [6.45, 7) is 5.67. The highest BCUT2D eigenvalue weighted by Crippen LogP contribution is 2.18. The molecule has 0 aliphatic rings. The number of benzene rings is 2. The van der Waals surface area contributed by atoms with Crippen LogP contribution in [0.4, 0.5) is 0 Å². The van der Waals surface area contributed by atoms with Crippen molar-refractivity contribution in [2.24, 2.45) is 0 Å². The summed E-state index contributed by atoms with van der Waals surface area (Å²) in [5.41, 5.74) is 3.97. The lowest BCUT2D eigenvalue weighted by Crippen LogP contribution is -2.30. The second-order valence-corrected chi connectivity index (χ2v) is 6.41. The minimum Gasteiger partial charge on any atom is -0.494 e. The predicted octanol–water partition coefficient (Wildman–Crippen LogP) is 4.63. The number of pyridine rings is 1. The zero-order chi connectivity index (χ0) is 19.1. The molecule has 0 radical (unpaired) electrons. The van der Waals surface area contributed by atoms with Gasteiger partial charge in [-0.15, -0.1) is 0 Å². The van der Waals surface area contributed by atoms with E-state index in [9.17, 15) is 4.79 Å². The van der Waals surface area contributed by atoms with Crippen molar-refractivity contribution in [3.05, 3.63) is 95.3 Å². The van der Waals surface area contributed by atoms with Crippen molar-refractivity contribution in [1.29, 1.82) is 0 Å². The molecule has 1 heterocycles. The van der Waals surface area contributed by atoms with Crippen LogP contribution in [-0.2, 0) is 13.1 Å². The summed E-state index contributed by atoms with van der Waals surface area (Å²) >= 11 is 0. The standard InChI is InChI=1S/C23H24N2O2/c1-3-27-22-12-10-20(11-13-22)23(26)25(16-19-8-6-14-24-15-19)17-21-9-5-4-7-18(21)2/h4-15H,3,16-17H2,1-2H3. The van der Waals surface area contributed by atoms with Crippen LogP contribution in [0.2, 0.25) is 0 Å². The van der Waals surface area contributed by atoms with Crippen LogP contribution >= 0.6 is 0 Å². The Hall–Kier alpha value is -3.14. The molecule has 4 nitrogen and oxygen atoms in total. The van der Waals surface area contributed by atoms with Crippen LogP contribution in [0.1, 0.15) is 34.0 Å². The lowest BCUT2D eigenvalue weighted by molar-refractivity contribution is 0.0729. The normalized spacial score (nSPS) is 10.4. The van der Waals surface area contributed by atoms with E-state index in [-0.39, 0.29) is 5.91 Å². The SMILES string of the molecule is CCOc1ccc(C(=O)N(Cc2cccnc2)Cc2ccccc2C)cc1. The van der Waals surface area contributed by atoms with Gasteiger partial charge in [0.05, 0.1) is 6.61 Å². The summed E-state index contributed by atoms with van der Waals surface area (Å²) in [6, 6.07) is 19.4. The largest absolute Gasteiger partial charge is 0.494 e. The van der Waals surface area contributed by atoms with Crippen molar-refractivity contribution in [3.63, 3.8) is 0 Å². The van der Waals surface area contributed by atoms with E-state index < -0.39 is 0 Å². The topological polar surface area (TPSA) is 42.4 Å². The van der Waals surface area contributed by atoms with E-state index in [1.165, 1.54) is 5.56 Å². The average molecular weight is 360 g/mol. The molecule has 138 valence electrons. The molecule has 4 heteroatoms. The number of amides is 1. The number of aryl methyl sites for hydroxylation is 1. The number of aromatic nitrogens is 1. The van der Waals surface area contributed by atoms with Gasteiger partial charge in [-0.25, -0.2) is 0 Å². The summed E-state index contributed by atoms with van der Waals surface area (Å²) in [6.07, 6.45) is 3.54. The fraction of sp³-hybridized carbons (Fsp3) is 0.217. The predicted molar refractivity (Wildman–Crippen MR) is 107 cm³/mol. The molecule has 3 rings (SSSR count). The monoisotopic (exact) mass is 360 g/mol. The van der Waals surface area contributed by atoms with E-state index in [2.05, 4.69) is 24.0 Å². The fourth-order valence-corrected chi connectivity index (χ4v) is 2.95. The van der Waals surface area contributed by atoms with Gasteiger partial charge in [0, 0.05) is 31.0 Å². The highest BCUT2D eigenvalue weighted by molar-refractivity contribution is 5.94. The van der Waals surface area contributed by atoms with Crippen LogP contribution in [0, 0.1) is 6.92 Å². The molecular weight excluding hydrogens is 336 g/mol. The van der Waals surface area contributed by atoms with Crippen molar-refractivity contribution in [3.8, 4) is 5.75 Å². The van der Waals surface area contributed by atoms with Gasteiger partial charge in [-0.05, 0) is 60.9 Å². The molecule has 3 aromatic rings. The van der Waals surface area contributed by atoms with Crippen LogP contribution < -0.4 is 4.74 Å². The molecule has 0 unspecified atom stereocenters. The Kier molecular flexibility index (Phi) is 6.21. The van der Waals surface area contributed by atoms with Gasteiger partial charge in [-0.2, -0.15) is 0 Å². The third kappa shape index (κ3) is 4.94. The Morgan fingerprint density at radius 1 is 1.00 bits per heavy atom. The lowest BCUT2D eigenvalue weighted by Gasteiger charge is -2.24. The molecule has 0 aliphatic heterocycles. The number of nitrogens with zero attached hydrogens (tertiary/aromatic N) is 2. The zero-order valence-electron chi connectivity index (χ0n) is 15.8. The molecule has 0 spiro atoms. The quantitative estimate of drug-likeness (QED) is 0.617. The van der Waals surface area contributed by atoms with Gasteiger partial charge < -0.3 is 9.64 Å². The molecule has 0 N–H and O–H groups in total. The highest BCUT2D eigenvalue weighted by Gasteiger charge is 2.17. The Bertz CT molecular complexity index is 876. The fourth-order valence-electron chi connectivity index (χ4n) is 2.95. The van der Waals surface area contributed by atoms with Gasteiger partial charge in [0.25, 0.3) is 5.91 Å².